The molecule has 0 aromatic carbocycles. The molecule has 5 heteroatoms. The molecule has 0 radical (unpaired) electrons. The lowest BCUT2D eigenvalue weighted by Gasteiger charge is -2.09. The number of hydrogen-bond donors (Lipinski definition) is 2. The van der Waals surface area contributed by atoms with Crippen LogP contribution >= 0.6 is 0 Å². The van der Waals surface area contributed by atoms with Crippen molar-refractivity contribution >= 4 is 10.0 Å². The zero-order valence-corrected chi connectivity index (χ0v) is 9.54. The average molecular weight is 230 g/mol. The molecule has 0 aromatic rings. The zero-order chi connectivity index (χ0) is 10.6. The number of primary sulfonamides is 1. The van der Waals surface area contributed by atoms with Gasteiger partial charge >= 0.3 is 0 Å². The van der Waals surface area contributed by atoms with Crippen molar-refractivity contribution in [1.29, 1.82) is 0 Å². The normalized spacial score (nSPS) is 46.9. The summed E-state index contributed by atoms with van der Waals surface area (Å²) in [6.07, 6.45) is 4.24. The predicted octanol–water partition coefficient (Wildman–Crippen LogP) is -0.0910. The number of nitrogens with two attached hydrogens (primary N) is 1. The zero-order valence-electron chi connectivity index (χ0n) is 8.72. The molecule has 0 aromatic heterocycles. The van der Waals surface area contributed by atoms with Gasteiger partial charge in [-0.15, -0.1) is 0 Å². The third-order valence-corrected chi connectivity index (χ3v) is 5.28. The quantitative estimate of drug-likeness (QED) is 0.709. The van der Waals surface area contributed by atoms with Crippen molar-refractivity contribution < 1.29 is 8.42 Å². The van der Waals surface area contributed by atoms with E-state index in [4.69, 9.17) is 5.14 Å². The van der Waals surface area contributed by atoms with E-state index >= 15 is 0 Å². The van der Waals surface area contributed by atoms with Crippen LogP contribution < -0.4 is 10.5 Å². The Hall–Kier alpha value is -0.130. The summed E-state index contributed by atoms with van der Waals surface area (Å²) < 4.78 is 21.5. The molecule has 2 bridgehead atoms. The molecule has 0 heterocycles. The highest BCUT2D eigenvalue weighted by molar-refractivity contribution is 7.89. The summed E-state index contributed by atoms with van der Waals surface area (Å²) in [5.74, 6) is 3.67. The van der Waals surface area contributed by atoms with Crippen LogP contribution in [-0.4, -0.2) is 26.8 Å². The fraction of sp³-hybridized carbons (Fsp3) is 1.00. The Labute approximate surface area is 90.7 Å². The van der Waals surface area contributed by atoms with Crippen molar-refractivity contribution in [2.24, 2.45) is 28.8 Å². The minimum absolute atomic E-state index is 0.0677. The van der Waals surface area contributed by atoms with Gasteiger partial charge in [0.05, 0.1) is 5.75 Å². The van der Waals surface area contributed by atoms with E-state index in [1.54, 1.807) is 0 Å². The average Bonchev–Trinajstić information content (AvgIpc) is 2.55. The lowest BCUT2D eigenvalue weighted by atomic mass is 10.0. The molecular weight excluding hydrogens is 212 g/mol. The lowest BCUT2D eigenvalue weighted by molar-refractivity contribution is 0.456. The first-order valence-corrected chi connectivity index (χ1v) is 7.52. The molecule has 3 rings (SSSR count). The minimum Gasteiger partial charge on any atom is -0.312 e. The van der Waals surface area contributed by atoms with Crippen LogP contribution in [0.5, 0.6) is 0 Å². The highest BCUT2D eigenvalue weighted by Gasteiger charge is 2.64. The van der Waals surface area contributed by atoms with Gasteiger partial charge in [-0.2, -0.15) is 0 Å². The highest BCUT2D eigenvalue weighted by Crippen LogP contribution is 2.65. The van der Waals surface area contributed by atoms with Crippen LogP contribution in [0.15, 0.2) is 0 Å². The monoisotopic (exact) mass is 230 g/mol. The number of hydrogen-bond acceptors (Lipinski definition) is 3. The van der Waals surface area contributed by atoms with Crippen LogP contribution in [0.2, 0.25) is 0 Å². The second-order valence-electron chi connectivity index (χ2n) is 5.33. The van der Waals surface area contributed by atoms with Crippen molar-refractivity contribution in [1.82, 2.24) is 5.32 Å². The van der Waals surface area contributed by atoms with E-state index in [1.807, 2.05) is 0 Å². The Morgan fingerprint density at radius 2 is 1.80 bits per heavy atom. The fourth-order valence-corrected chi connectivity index (χ4v) is 4.37. The van der Waals surface area contributed by atoms with Gasteiger partial charge in [-0.25, -0.2) is 13.6 Å². The molecule has 3 saturated carbocycles. The second kappa shape index (κ2) is 3.18. The molecule has 4 nitrogen and oxygen atoms in total. The smallest absolute Gasteiger partial charge is 0.210 e. The third-order valence-electron chi connectivity index (χ3n) is 4.50. The summed E-state index contributed by atoms with van der Waals surface area (Å²) in [5, 5.41) is 8.31. The molecule has 3 fully saturated rings. The molecule has 0 aliphatic heterocycles. The number of nitrogens with one attached hydrogen (secondary N) is 1. The van der Waals surface area contributed by atoms with Gasteiger partial charge in [-0.05, 0) is 42.9 Å². The highest BCUT2D eigenvalue weighted by atomic mass is 32.2. The van der Waals surface area contributed by atoms with Gasteiger partial charge in [-0.3, -0.25) is 0 Å². The molecule has 3 N–H and O–H groups in total. The van der Waals surface area contributed by atoms with E-state index in [0.29, 0.717) is 12.6 Å². The van der Waals surface area contributed by atoms with E-state index in [1.165, 1.54) is 19.3 Å². The summed E-state index contributed by atoms with van der Waals surface area (Å²) in [4.78, 5) is 0. The molecule has 4 atom stereocenters. The molecule has 86 valence electrons. The first-order chi connectivity index (χ1) is 7.06. The van der Waals surface area contributed by atoms with E-state index in [9.17, 15) is 8.42 Å². The Balaban J connectivity index is 1.48. The summed E-state index contributed by atoms with van der Waals surface area (Å²) in [7, 11) is -3.29. The summed E-state index contributed by atoms with van der Waals surface area (Å²) in [6.45, 7) is 0.524. The molecule has 0 amide bonds. The first kappa shape index (κ1) is 10.1. The summed E-state index contributed by atoms with van der Waals surface area (Å²) >= 11 is 0. The molecule has 0 saturated heterocycles. The molecular formula is C10H18N2O2S. The van der Waals surface area contributed by atoms with E-state index in [0.717, 1.165) is 23.7 Å². The van der Waals surface area contributed by atoms with Gasteiger partial charge in [0.2, 0.25) is 10.0 Å². The molecule has 3 aliphatic carbocycles. The Bertz CT molecular complexity index is 352. The van der Waals surface area contributed by atoms with Crippen LogP contribution in [-0.2, 0) is 10.0 Å². The molecule has 0 spiro atoms. The van der Waals surface area contributed by atoms with Crippen LogP contribution in [0.4, 0.5) is 0 Å². The predicted molar refractivity (Wildman–Crippen MR) is 57.6 cm³/mol. The fourth-order valence-electron chi connectivity index (χ4n) is 3.97. The van der Waals surface area contributed by atoms with Crippen molar-refractivity contribution in [2.75, 3.05) is 12.3 Å². The Morgan fingerprint density at radius 1 is 1.20 bits per heavy atom. The van der Waals surface area contributed by atoms with Crippen LogP contribution in [0.1, 0.15) is 19.3 Å². The summed E-state index contributed by atoms with van der Waals surface area (Å²) in [5.41, 5.74) is 0. The van der Waals surface area contributed by atoms with E-state index in [-0.39, 0.29) is 5.75 Å². The van der Waals surface area contributed by atoms with Crippen molar-refractivity contribution in [3.63, 3.8) is 0 Å². The van der Waals surface area contributed by atoms with E-state index < -0.39 is 10.0 Å². The maximum Gasteiger partial charge on any atom is 0.210 e. The number of rotatable bonds is 4. The van der Waals surface area contributed by atoms with Gasteiger partial charge in [0.1, 0.15) is 0 Å². The van der Waals surface area contributed by atoms with Gasteiger partial charge in [0.25, 0.3) is 0 Å². The lowest BCUT2D eigenvalue weighted by Crippen LogP contribution is -2.31. The molecule has 3 aliphatic rings. The largest absolute Gasteiger partial charge is 0.312 e. The van der Waals surface area contributed by atoms with Crippen molar-refractivity contribution in [2.45, 2.75) is 25.3 Å². The standard InChI is InChI=1S/C10H18N2O2S/c11-15(13,14)4-3-12-10-8-6-1-2-7(5-6)9(8)10/h6-10,12H,1-5H2,(H2,11,13,14). The summed E-state index contributed by atoms with van der Waals surface area (Å²) in [6, 6.07) is 0.609. The second-order valence-corrected chi connectivity index (χ2v) is 7.07. The molecule has 15 heavy (non-hydrogen) atoms. The SMILES string of the molecule is NS(=O)(=O)CCNC1C2C3CCC(C3)C12. The topological polar surface area (TPSA) is 72.2 Å². The number of sulfonamides is 1. The van der Waals surface area contributed by atoms with Crippen LogP contribution in [0, 0.1) is 23.7 Å². The van der Waals surface area contributed by atoms with Gasteiger partial charge in [0, 0.05) is 12.6 Å². The minimum atomic E-state index is -3.29. The molecule has 4 unspecified atom stereocenters. The Kier molecular flexibility index (Phi) is 2.13. The maximum absolute atomic E-state index is 10.8. The van der Waals surface area contributed by atoms with Crippen molar-refractivity contribution in [3.8, 4) is 0 Å². The third kappa shape index (κ3) is 1.70. The van der Waals surface area contributed by atoms with Gasteiger partial charge < -0.3 is 5.32 Å². The van der Waals surface area contributed by atoms with Gasteiger partial charge in [0.15, 0.2) is 0 Å². The first-order valence-electron chi connectivity index (χ1n) is 5.80. The van der Waals surface area contributed by atoms with E-state index in [2.05, 4.69) is 5.32 Å². The van der Waals surface area contributed by atoms with Crippen LogP contribution in [0.3, 0.4) is 0 Å². The van der Waals surface area contributed by atoms with Crippen LogP contribution in [0.25, 0.3) is 0 Å². The number of fused-ring (bicyclic) bond motifs is 5. The Morgan fingerprint density at radius 3 is 2.33 bits per heavy atom. The van der Waals surface area contributed by atoms with Crippen molar-refractivity contribution in [3.05, 3.63) is 0 Å². The maximum atomic E-state index is 10.8. The van der Waals surface area contributed by atoms with Gasteiger partial charge in [-0.1, -0.05) is 0 Å².